The van der Waals surface area contributed by atoms with Gasteiger partial charge in [0.25, 0.3) is 0 Å². The molecule has 4 nitrogen and oxygen atoms in total. The molecule has 0 fully saturated rings. The fourth-order valence-corrected chi connectivity index (χ4v) is 1.30. The minimum absolute atomic E-state index is 0.0303. The van der Waals surface area contributed by atoms with Crippen LogP contribution in [0.3, 0.4) is 0 Å². The van der Waals surface area contributed by atoms with E-state index in [1.807, 2.05) is 20.8 Å². The van der Waals surface area contributed by atoms with Crippen LogP contribution in [-0.4, -0.2) is 29.2 Å². The zero-order valence-corrected chi connectivity index (χ0v) is 10.2. The standard InChI is InChI=1S/C11H24N2O2/c1-5-11(6-2,7-14)13-10(15)8(3)9(4)12/h8-9,14H,5-7,12H2,1-4H3,(H,13,15). The first kappa shape index (κ1) is 14.4. The minimum atomic E-state index is -0.486. The molecule has 0 saturated heterocycles. The van der Waals surface area contributed by atoms with Crippen LogP contribution in [0.15, 0.2) is 0 Å². The van der Waals surface area contributed by atoms with Gasteiger partial charge in [-0.1, -0.05) is 20.8 Å². The van der Waals surface area contributed by atoms with Crippen LogP contribution in [-0.2, 0) is 4.79 Å². The summed E-state index contributed by atoms with van der Waals surface area (Å²) < 4.78 is 0. The molecule has 0 aromatic heterocycles. The lowest BCUT2D eigenvalue weighted by Gasteiger charge is -2.32. The van der Waals surface area contributed by atoms with E-state index in [0.717, 1.165) is 12.8 Å². The van der Waals surface area contributed by atoms with E-state index in [-0.39, 0.29) is 24.5 Å². The molecule has 2 atom stereocenters. The molecule has 0 radical (unpaired) electrons. The maximum absolute atomic E-state index is 11.8. The Morgan fingerprint density at radius 3 is 2.13 bits per heavy atom. The maximum atomic E-state index is 11.8. The lowest BCUT2D eigenvalue weighted by Crippen LogP contribution is -2.53. The van der Waals surface area contributed by atoms with Crippen molar-refractivity contribution in [3.05, 3.63) is 0 Å². The van der Waals surface area contributed by atoms with Crippen molar-refractivity contribution >= 4 is 5.91 Å². The van der Waals surface area contributed by atoms with Crippen molar-refractivity contribution in [3.8, 4) is 0 Å². The van der Waals surface area contributed by atoms with Gasteiger partial charge < -0.3 is 16.2 Å². The fourth-order valence-electron chi connectivity index (χ4n) is 1.30. The van der Waals surface area contributed by atoms with Crippen LogP contribution < -0.4 is 11.1 Å². The Morgan fingerprint density at radius 1 is 1.40 bits per heavy atom. The van der Waals surface area contributed by atoms with Gasteiger partial charge in [0.05, 0.1) is 12.1 Å². The summed E-state index contributed by atoms with van der Waals surface area (Å²) in [6, 6.07) is -0.171. The number of aliphatic hydroxyl groups excluding tert-OH is 1. The fraction of sp³-hybridized carbons (Fsp3) is 0.909. The second-order valence-corrected chi connectivity index (χ2v) is 4.28. The van der Waals surface area contributed by atoms with E-state index in [1.165, 1.54) is 0 Å². The summed E-state index contributed by atoms with van der Waals surface area (Å²) in [4.78, 5) is 11.8. The third kappa shape index (κ3) is 3.80. The van der Waals surface area contributed by atoms with Gasteiger partial charge in [-0.25, -0.2) is 0 Å². The zero-order chi connectivity index (χ0) is 12.1. The Morgan fingerprint density at radius 2 is 1.87 bits per heavy atom. The molecular weight excluding hydrogens is 192 g/mol. The number of aliphatic hydroxyl groups is 1. The quantitative estimate of drug-likeness (QED) is 0.610. The van der Waals surface area contributed by atoms with Crippen LogP contribution in [0.2, 0.25) is 0 Å². The van der Waals surface area contributed by atoms with E-state index in [2.05, 4.69) is 5.32 Å². The number of hydrogen-bond acceptors (Lipinski definition) is 3. The van der Waals surface area contributed by atoms with Gasteiger partial charge in [0.1, 0.15) is 0 Å². The van der Waals surface area contributed by atoms with E-state index in [0.29, 0.717) is 0 Å². The topological polar surface area (TPSA) is 75.3 Å². The summed E-state index contributed by atoms with van der Waals surface area (Å²) in [7, 11) is 0. The maximum Gasteiger partial charge on any atom is 0.224 e. The molecule has 0 bridgehead atoms. The van der Waals surface area contributed by atoms with Gasteiger partial charge >= 0.3 is 0 Å². The lowest BCUT2D eigenvalue weighted by molar-refractivity contribution is -0.127. The number of rotatable bonds is 6. The Labute approximate surface area is 92.2 Å². The van der Waals surface area contributed by atoms with E-state index in [1.54, 1.807) is 6.92 Å². The molecule has 2 unspecified atom stereocenters. The van der Waals surface area contributed by atoms with Gasteiger partial charge in [0.2, 0.25) is 5.91 Å². The second-order valence-electron chi connectivity index (χ2n) is 4.28. The first-order valence-electron chi connectivity index (χ1n) is 5.61. The molecular formula is C11H24N2O2. The Hall–Kier alpha value is -0.610. The number of carbonyl (C=O) groups is 1. The highest BCUT2D eigenvalue weighted by atomic mass is 16.3. The van der Waals surface area contributed by atoms with Gasteiger partial charge in [-0.2, -0.15) is 0 Å². The van der Waals surface area contributed by atoms with Crippen LogP contribution in [0.4, 0.5) is 0 Å². The van der Waals surface area contributed by atoms with Crippen molar-refractivity contribution < 1.29 is 9.90 Å². The van der Waals surface area contributed by atoms with Crippen molar-refractivity contribution in [2.24, 2.45) is 11.7 Å². The molecule has 90 valence electrons. The third-order valence-corrected chi connectivity index (χ3v) is 3.25. The molecule has 0 aliphatic carbocycles. The highest BCUT2D eigenvalue weighted by Gasteiger charge is 2.29. The molecule has 0 spiro atoms. The smallest absolute Gasteiger partial charge is 0.224 e. The van der Waals surface area contributed by atoms with Gasteiger partial charge in [0.15, 0.2) is 0 Å². The van der Waals surface area contributed by atoms with Crippen LogP contribution in [0.25, 0.3) is 0 Å². The lowest BCUT2D eigenvalue weighted by atomic mass is 9.92. The molecule has 1 amide bonds. The van der Waals surface area contributed by atoms with Crippen molar-refractivity contribution in [2.75, 3.05) is 6.61 Å². The predicted molar refractivity (Wildman–Crippen MR) is 61.4 cm³/mol. The number of hydrogen-bond donors (Lipinski definition) is 3. The van der Waals surface area contributed by atoms with Crippen LogP contribution >= 0.6 is 0 Å². The largest absolute Gasteiger partial charge is 0.394 e. The Balaban J connectivity index is 4.48. The normalized spacial score (nSPS) is 15.9. The summed E-state index contributed by atoms with van der Waals surface area (Å²) >= 11 is 0. The monoisotopic (exact) mass is 216 g/mol. The Kier molecular flexibility index (Phi) is 5.83. The summed E-state index contributed by atoms with van der Waals surface area (Å²) in [5.74, 6) is -0.309. The summed E-state index contributed by atoms with van der Waals surface area (Å²) in [6.45, 7) is 7.49. The number of nitrogens with two attached hydrogens (primary N) is 1. The van der Waals surface area contributed by atoms with Crippen molar-refractivity contribution in [3.63, 3.8) is 0 Å². The van der Waals surface area contributed by atoms with E-state index in [4.69, 9.17) is 5.73 Å². The van der Waals surface area contributed by atoms with Gasteiger partial charge in [-0.15, -0.1) is 0 Å². The van der Waals surface area contributed by atoms with Crippen LogP contribution in [0, 0.1) is 5.92 Å². The number of nitrogens with one attached hydrogen (secondary N) is 1. The van der Waals surface area contributed by atoms with Crippen molar-refractivity contribution in [1.82, 2.24) is 5.32 Å². The second kappa shape index (κ2) is 6.08. The molecule has 0 aliphatic heterocycles. The first-order valence-corrected chi connectivity index (χ1v) is 5.61. The Bertz CT molecular complexity index is 192. The average Bonchev–Trinajstić information content (AvgIpc) is 2.24. The van der Waals surface area contributed by atoms with Gasteiger partial charge in [-0.3, -0.25) is 4.79 Å². The van der Waals surface area contributed by atoms with E-state index in [9.17, 15) is 9.90 Å². The highest BCUT2D eigenvalue weighted by molar-refractivity contribution is 5.79. The van der Waals surface area contributed by atoms with Crippen LogP contribution in [0.5, 0.6) is 0 Å². The summed E-state index contributed by atoms with van der Waals surface area (Å²) in [5, 5.41) is 12.2. The van der Waals surface area contributed by atoms with Crippen LogP contribution in [0.1, 0.15) is 40.5 Å². The molecule has 4 heteroatoms. The molecule has 0 rings (SSSR count). The van der Waals surface area contributed by atoms with Gasteiger partial charge in [-0.05, 0) is 19.8 Å². The van der Waals surface area contributed by atoms with Gasteiger partial charge in [0, 0.05) is 12.0 Å². The van der Waals surface area contributed by atoms with E-state index < -0.39 is 5.54 Å². The predicted octanol–water partition coefficient (Wildman–Crippen LogP) is 0.637. The number of carbonyl (C=O) groups excluding carboxylic acids is 1. The summed E-state index contributed by atoms with van der Waals surface area (Å²) in [6.07, 6.45) is 1.44. The molecule has 0 heterocycles. The minimum Gasteiger partial charge on any atom is -0.394 e. The zero-order valence-electron chi connectivity index (χ0n) is 10.2. The third-order valence-electron chi connectivity index (χ3n) is 3.25. The molecule has 4 N–H and O–H groups in total. The molecule has 0 aliphatic rings. The highest BCUT2D eigenvalue weighted by Crippen LogP contribution is 2.15. The molecule has 0 aromatic rings. The van der Waals surface area contributed by atoms with Crippen molar-refractivity contribution in [2.45, 2.75) is 52.1 Å². The molecule has 0 aromatic carbocycles. The molecule has 15 heavy (non-hydrogen) atoms. The van der Waals surface area contributed by atoms with E-state index >= 15 is 0 Å². The SMILES string of the molecule is CCC(CC)(CO)NC(=O)C(C)C(C)N. The summed E-state index contributed by atoms with van der Waals surface area (Å²) in [5.41, 5.74) is 5.17. The average molecular weight is 216 g/mol. The first-order chi connectivity index (χ1) is 6.92. The molecule has 0 saturated carbocycles. The number of amides is 1. The van der Waals surface area contributed by atoms with Crippen molar-refractivity contribution in [1.29, 1.82) is 0 Å².